The van der Waals surface area contributed by atoms with Gasteiger partial charge in [0.1, 0.15) is 0 Å². The van der Waals surface area contributed by atoms with Crippen LogP contribution < -0.4 is 5.32 Å². The van der Waals surface area contributed by atoms with Crippen LogP contribution in [-0.4, -0.2) is 13.1 Å². The number of thiophene rings is 1. The van der Waals surface area contributed by atoms with E-state index in [0.29, 0.717) is 11.3 Å². The first-order valence-corrected chi connectivity index (χ1v) is 9.62. The Balaban J connectivity index is 2.12. The van der Waals surface area contributed by atoms with Crippen LogP contribution in [0.3, 0.4) is 0 Å². The Kier molecular flexibility index (Phi) is 6.16. The van der Waals surface area contributed by atoms with Gasteiger partial charge < -0.3 is 5.32 Å². The van der Waals surface area contributed by atoms with Crippen LogP contribution in [0.15, 0.2) is 11.4 Å². The van der Waals surface area contributed by atoms with Crippen molar-refractivity contribution in [2.75, 3.05) is 13.1 Å². The zero-order chi connectivity index (χ0) is 15.5. The Morgan fingerprint density at radius 2 is 2.10 bits per heavy atom. The molecule has 0 saturated heterocycles. The van der Waals surface area contributed by atoms with Crippen molar-refractivity contribution in [3.05, 3.63) is 21.3 Å². The van der Waals surface area contributed by atoms with Gasteiger partial charge in [-0.2, -0.15) is 0 Å². The van der Waals surface area contributed by atoms with Gasteiger partial charge in [-0.25, -0.2) is 0 Å². The standard InChI is InChI=1S/C18H30ClNS/c1-5-9-20-12-13-6-7-14(18(2,3)4)11-15(13)17-16(19)8-10-21-17/h8,10,13-15,20H,5-7,9,11-12H2,1-4H3. The fourth-order valence-corrected chi connectivity index (χ4v) is 5.03. The first kappa shape index (κ1) is 17.3. The second kappa shape index (κ2) is 7.48. The minimum Gasteiger partial charge on any atom is -0.316 e. The SMILES string of the molecule is CCCNCC1CCC(C(C)(C)C)CC1c1sccc1Cl. The van der Waals surface area contributed by atoms with Crippen LogP contribution in [0.4, 0.5) is 0 Å². The van der Waals surface area contributed by atoms with E-state index in [-0.39, 0.29) is 0 Å². The molecule has 1 saturated carbocycles. The quantitative estimate of drug-likeness (QED) is 0.659. The molecular weight excluding hydrogens is 298 g/mol. The molecule has 3 unspecified atom stereocenters. The van der Waals surface area contributed by atoms with Gasteiger partial charge in [0.2, 0.25) is 0 Å². The van der Waals surface area contributed by atoms with Crippen molar-refractivity contribution in [2.24, 2.45) is 17.3 Å². The predicted octanol–water partition coefficient (Wildman–Crippen LogP) is 5.95. The highest BCUT2D eigenvalue weighted by Gasteiger charge is 2.37. The van der Waals surface area contributed by atoms with Gasteiger partial charge >= 0.3 is 0 Å². The molecule has 1 nitrogen and oxygen atoms in total. The van der Waals surface area contributed by atoms with Crippen LogP contribution >= 0.6 is 22.9 Å². The third-order valence-electron chi connectivity index (χ3n) is 5.03. The van der Waals surface area contributed by atoms with E-state index in [1.807, 2.05) is 11.3 Å². The molecule has 0 amide bonds. The van der Waals surface area contributed by atoms with Gasteiger partial charge in [0.15, 0.2) is 0 Å². The molecule has 2 rings (SSSR count). The fourth-order valence-electron chi connectivity index (χ4n) is 3.62. The molecule has 1 aromatic rings. The van der Waals surface area contributed by atoms with Gasteiger partial charge in [-0.1, -0.05) is 39.3 Å². The molecule has 120 valence electrons. The monoisotopic (exact) mass is 327 g/mol. The first-order chi connectivity index (χ1) is 9.93. The third kappa shape index (κ3) is 4.46. The van der Waals surface area contributed by atoms with E-state index < -0.39 is 0 Å². The minimum absolute atomic E-state index is 0.407. The second-order valence-corrected chi connectivity index (χ2v) is 8.93. The van der Waals surface area contributed by atoms with Gasteiger partial charge in [0.05, 0.1) is 5.02 Å². The zero-order valence-corrected chi connectivity index (χ0v) is 15.5. The lowest BCUT2D eigenvalue weighted by Gasteiger charge is -2.42. The molecule has 1 heterocycles. The molecule has 0 aliphatic heterocycles. The minimum atomic E-state index is 0.407. The Labute approximate surface area is 139 Å². The lowest BCUT2D eigenvalue weighted by Crippen LogP contribution is -2.35. The summed E-state index contributed by atoms with van der Waals surface area (Å²) in [6.07, 6.45) is 5.20. The summed E-state index contributed by atoms with van der Waals surface area (Å²) < 4.78 is 0. The van der Waals surface area contributed by atoms with E-state index in [1.54, 1.807) is 0 Å². The average Bonchev–Trinajstić information content (AvgIpc) is 2.84. The van der Waals surface area contributed by atoms with Crippen LogP contribution in [0.2, 0.25) is 5.02 Å². The van der Waals surface area contributed by atoms with Gasteiger partial charge in [-0.15, -0.1) is 11.3 Å². The highest BCUT2D eigenvalue weighted by molar-refractivity contribution is 7.10. The molecule has 21 heavy (non-hydrogen) atoms. The van der Waals surface area contributed by atoms with Crippen LogP contribution in [-0.2, 0) is 0 Å². The maximum Gasteiger partial charge on any atom is 0.0547 e. The van der Waals surface area contributed by atoms with Crippen LogP contribution in [0, 0.1) is 17.3 Å². The lowest BCUT2D eigenvalue weighted by atomic mass is 9.65. The summed E-state index contributed by atoms with van der Waals surface area (Å²) in [5.41, 5.74) is 0.407. The second-order valence-electron chi connectivity index (χ2n) is 7.58. The lowest BCUT2D eigenvalue weighted by molar-refractivity contribution is 0.130. The summed E-state index contributed by atoms with van der Waals surface area (Å²) in [6.45, 7) is 11.7. The Morgan fingerprint density at radius 3 is 2.67 bits per heavy atom. The maximum atomic E-state index is 6.45. The molecular formula is C18H30ClNS. The molecule has 3 heteroatoms. The number of hydrogen-bond acceptors (Lipinski definition) is 2. The van der Waals surface area contributed by atoms with E-state index in [2.05, 4.69) is 44.5 Å². The van der Waals surface area contributed by atoms with Crippen molar-refractivity contribution in [3.63, 3.8) is 0 Å². The molecule has 0 spiro atoms. The number of halogens is 1. The van der Waals surface area contributed by atoms with Gasteiger partial charge in [-0.3, -0.25) is 0 Å². The molecule has 1 aliphatic carbocycles. The van der Waals surface area contributed by atoms with Crippen molar-refractivity contribution in [1.82, 2.24) is 5.32 Å². The molecule has 1 fully saturated rings. The van der Waals surface area contributed by atoms with Gasteiger partial charge in [0, 0.05) is 4.88 Å². The predicted molar refractivity (Wildman–Crippen MR) is 95.5 cm³/mol. The molecule has 0 aromatic carbocycles. The summed E-state index contributed by atoms with van der Waals surface area (Å²) in [6, 6.07) is 2.07. The normalized spacial score (nSPS) is 27.0. The molecule has 0 bridgehead atoms. The zero-order valence-electron chi connectivity index (χ0n) is 13.9. The van der Waals surface area contributed by atoms with E-state index >= 15 is 0 Å². The highest BCUT2D eigenvalue weighted by Crippen LogP contribution is 2.49. The van der Waals surface area contributed by atoms with Crippen molar-refractivity contribution in [1.29, 1.82) is 0 Å². The smallest absolute Gasteiger partial charge is 0.0547 e. The Bertz CT molecular complexity index is 435. The molecule has 1 N–H and O–H groups in total. The van der Waals surface area contributed by atoms with Crippen molar-refractivity contribution in [3.8, 4) is 0 Å². The largest absolute Gasteiger partial charge is 0.316 e. The van der Waals surface area contributed by atoms with Crippen molar-refractivity contribution >= 4 is 22.9 Å². The Hall–Kier alpha value is -0.0500. The molecule has 3 atom stereocenters. The van der Waals surface area contributed by atoms with E-state index in [9.17, 15) is 0 Å². The summed E-state index contributed by atoms with van der Waals surface area (Å²) in [7, 11) is 0. The van der Waals surface area contributed by atoms with Crippen LogP contribution in [0.25, 0.3) is 0 Å². The number of rotatable bonds is 5. The summed E-state index contributed by atoms with van der Waals surface area (Å²) in [4.78, 5) is 1.42. The summed E-state index contributed by atoms with van der Waals surface area (Å²) in [5, 5.41) is 6.77. The van der Waals surface area contributed by atoms with Gasteiger partial charge in [0.25, 0.3) is 0 Å². The summed E-state index contributed by atoms with van der Waals surface area (Å²) in [5.74, 6) is 2.19. The van der Waals surface area contributed by atoms with Crippen LogP contribution in [0.5, 0.6) is 0 Å². The molecule has 0 radical (unpaired) electrons. The van der Waals surface area contributed by atoms with Gasteiger partial charge in [-0.05, 0) is 73.4 Å². The molecule has 1 aliphatic rings. The van der Waals surface area contributed by atoms with E-state index in [1.165, 1.54) is 30.6 Å². The van der Waals surface area contributed by atoms with E-state index in [0.717, 1.165) is 29.9 Å². The first-order valence-electron chi connectivity index (χ1n) is 8.37. The summed E-state index contributed by atoms with van der Waals surface area (Å²) >= 11 is 8.30. The van der Waals surface area contributed by atoms with Crippen molar-refractivity contribution < 1.29 is 0 Å². The average molecular weight is 328 g/mol. The number of hydrogen-bond donors (Lipinski definition) is 1. The molecule has 1 aromatic heterocycles. The topological polar surface area (TPSA) is 12.0 Å². The fraction of sp³-hybridized carbons (Fsp3) is 0.778. The van der Waals surface area contributed by atoms with Crippen LogP contribution in [0.1, 0.15) is 64.2 Å². The maximum absolute atomic E-state index is 6.45. The number of nitrogens with one attached hydrogen (secondary N) is 1. The third-order valence-corrected chi connectivity index (χ3v) is 6.52. The van der Waals surface area contributed by atoms with Crippen molar-refractivity contribution in [2.45, 2.75) is 59.3 Å². The Morgan fingerprint density at radius 1 is 1.33 bits per heavy atom. The highest BCUT2D eigenvalue weighted by atomic mass is 35.5. The van der Waals surface area contributed by atoms with E-state index in [4.69, 9.17) is 11.6 Å².